The maximum absolute atomic E-state index is 10.9. The standard InChI is InChI=1S/C11H11NO4/c1-16-8-5-7(11(14)15)4-6-2-3-9(13)12-10(6)8/h2-5,9,12-13H,1H3,(H,14,15). The Bertz CT molecular complexity index is 467. The molecule has 2 rings (SSSR count). The molecule has 0 aromatic heterocycles. The van der Waals surface area contributed by atoms with E-state index >= 15 is 0 Å². The summed E-state index contributed by atoms with van der Waals surface area (Å²) in [5.41, 5.74) is 1.43. The van der Waals surface area contributed by atoms with Crippen LogP contribution < -0.4 is 10.1 Å². The van der Waals surface area contributed by atoms with E-state index in [0.29, 0.717) is 17.0 Å². The maximum atomic E-state index is 10.9. The quantitative estimate of drug-likeness (QED) is 0.698. The molecule has 1 aromatic rings. The Morgan fingerprint density at radius 3 is 2.88 bits per heavy atom. The summed E-state index contributed by atoms with van der Waals surface area (Å²) in [4.78, 5) is 10.9. The first-order valence-corrected chi connectivity index (χ1v) is 4.70. The van der Waals surface area contributed by atoms with Crippen molar-refractivity contribution in [3.8, 4) is 5.75 Å². The summed E-state index contributed by atoms with van der Waals surface area (Å²) >= 11 is 0. The number of carbonyl (C=O) groups is 1. The first-order valence-electron chi connectivity index (χ1n) is 4.70. The highest BCUT2D eigenvalue weighted by Gasteiger charge is 2.17. The molecular formula is C11H11NO4. The van der Waals surface area contributed by atoms with Gasteiger partial charge < -0.3 is 20.3 Å². The van der Waals surface area contributed by atoms with Crippen molar-refractivity contribution < 1.29 is 19.7 Å². The molecule has 1 aromatic carbocycles. The minimum absolute atomic E-state index is 0.151. The Labute approximate surface area is 92.0 Å². The minimum atomic E-state index is -1.01. The molecule has 0 saturated heterocycles. The normalized spacial score (nSPS) is 17.5. The molecule has 1 aliphatic heterocycles. The van der Waals surface area contributed by atoms with Crippen LogP contribution in [0.3, 0.4) is 0 Å². The number of aliphatic hydroxyl groups is 1. The Morgan fingerprint density at radius 1 is 1.50 bits per heavy atom. The number of carboxylic acid groups (broad SMARTS) is 1. The maximum Gasteiger partial charge on any atom is 0.335 e. The number of anilines is 1. The van der Waals surface area contributed by atoms with Crippen LogP contribution in [0, 0.1) is 0 Å². The molecule has 0 amide bonds. The van der Waals surface area contributed by atoms with E-state index in [-0.39, 0.29) is 5.56 Å². The number of ether oxygens (including phenoxy) is 1. The van der Waals surface area contributed by atoms with Gasteiger partial charge >= 0.3 is 5.97 Å². The SMILES string of the molecule is COc1cc(C(=O)O)cc2c1NC(O)C=C2. The van der Waals surface area contributed by atoms with Crippen molar-refractivity contribution in [1.29, 1.82) is 0 Å². The molecule has 84 valence electrons. The number of carboxylic acids is 1. The van der Waals surface area contributed by atoms with Crippen LogP contribution in [0.15, 0.2) is 18.2 Å². The van der Waals surface area contributed by atoms with Crippen LogP contribution in [-0.2, 0) is 0 Å². The number of nitrogens with one attached hydrogen (secondary N) is 1. The minimum Gasteiger partial charge on any atom is -0.495 e. The second kappa shape index (κ2) is 3.86. The van der Waals surface area contributed by atoms with Crippen molar-refractivity contribution in [1.82, 2.24) is 0 Å². The lowest BCUT2D eigenvalue weighted by molar-refractivity contribution is 0.0696. The van der Waals surface area contributed by atoms with E-state index in [0.717, 1.165) is 0 Å². The molecule has 0 saturated carbocycles. The van der Waals surface area contributed by atoms with Gasteiger partial charge in [-0.05, 0) is 18.2 Å². The van der Waals surface area contributed by atoms with Crippen molar-refractivity contribution in [2.45, 2.75) is 6.23 Å². The molecule has 0 radical (unpaired) electrons. The monoisotopic (exact) mass is 221 g/mol. The number of aliphatic hydroxyl groups excluding tert-OH is 1. The Morgan fingerprint density at radius 2 is 2.25 bits per heavy atom. The molecule has 1 aliphatic rings. The van der Waals surface area contributed by atoms with Gasteiger partial charge in [-0.3, -0.25) is 0 Å². The van der Waals surface area contributed by atoms with Crippen LogP contribution in [0.4, 0.5) is 5.69 Å². The van der Waals surface area contributed by atoms with Crippen LogP contribution in [0.25, 0.3) is 6.08 Å². The summed E-state index contributed by atoms with van der Waals surface area (Å²) in [6.45, 7) is 0. The van der Waals surface area contributed by atoms with Crippen LogP contribution in [-0.4, -0.2) is 29.5 Å². The first-order chi connectivity index (χ1) is 7.61. The molecule has 1 unspecified atom stereocenters. The lowest BCUT2D eigenvalue weighted by Gasteiger charge is -2.21. The number of hydrogen-bond acceptors (Lipinski definition) is 4. The van der Waals surface area contributed by atoms with Gasteiger partial charge in [0.1, 0.15) is 12.0 Å². The Balaban J connectivity index is 2.57. The lowest BCUT2D eigenvalue weighted by Crippen LogP contribution is -2.19. The molecule has 0 spiro atoms. The van der Waals surface area contributed by atoms with E-state index in [1.54, 1.807) is 6.08 Å². The summed E-state index contributed by atoms with van der Waals surface area (Å²) in [5.74, 6) is -0.612. The molecule has 1 heterocycles. The molecule has 0 aliphatic carbocycles. The van der Waals surface area contributed by atoms with Gasteiger partial charge in [0.05, 0.1) is 18.4 Å². The first kappa shape index (κ1) is 10.5. The van der Waals surface area contributed by atoms with E-state index in [1.807, 2.05) is 0 Å². The summed E-state index contributed by atoms with van der Waals surface area (Å²) in [7, 11) is 1.45. The third-order valence-electron chi connectivity index (χ3n) is 2.35. The number of methoxy groups -OCH3 is 1. The molecule has 16 heavy (non-hydrogen) atoms. The highest BCUT2D eigenvalue weighted by Crippen LogP contribution is 2.34. The Hall–Kier alpha value is -2.01. The van der Waals surface area contributed by atoms with E-state index in [1.165, 1.54) is 25.3 Å². The number of fused-ring (bicyclic) bond motifs is 1. The van der Waals surface area contributed by atoms with Crippen molar-refractivity contribution in [2.24, 2.45) is 0 Å². The van der Waals surface area contributed by atoms with Crippen LogP contribution in [0.2, 0.25) is 0 Å². The highest BCUT2D eigenvalue weighted by atomic mass is 16.5. The van der Waals surface area contributed by atoms with E-state index in [2.05, 4.69) is 5.32 Å². The lowest BCUT2D eigenvalue weighted by atomic mass is 10.0. The smallest absolute Gasteiger partial charge is 0.335 e. The topological polar surface area (TPSA) is 78.8 Å². The molecule has 3 N–H and O–H groups in total. The molecular weight excluding hydrogens is 210 g/mol. The summed E-state index contributed by atoms with van der Waals surface area (Å²) in [6, 6.07) is 2.94. The zero-order valence-corrected chi connectivity index (χ0v) is 8.60. The third-order valence-corrected chi connectivity index (χ3v) is 2.35. The fraction of sp³-hybridized carbons (Fsp3) is 0.182. The zero-order chi connectivity index (χ0) is 11.7. The van der Waals surface area contributed by atoms with Gasteiger partial charge in [-0.15, -0.1) is 0 Å². The second-order valence-corrected chi connectivity index (χ2v) is 3.40. The van der Waals surface area contributed by atoms with E-state index in [4.69, 9.17) is 9.84 Å². The third kappa shape index (κ3) is 1.72. The molecule has 0 bridgehead atoms. The van der Waals surface area contributed by atoms with Gasteiger partial charge in [-0.1, -0.05) is 6.08 Å². The van der Waals surface area contributed by atoms with E-state index in [9.17, 15) is 9.90 Å². The second-order valence-electron chi connectivity index (χ2n) is 3.40. The average molecular weight is 221 g/mol. The van der Waals surface area contributed by atoms with Gasteiger partial charge in [0.25, 0.3) is 0 Å². The van der Waals surface area contributed by atoms with Crippen LogP contribution >= 0.6 is 0 Å². The number of aromatic carboxylic acids is 1. The summed E-state index contributed by atoms with van der Waals surface area (Å²) in [6.07, 6.45) is 2.41. The molecule has 0 fully saturated rings. The van der Waals surface area contributed by atoms with E-state index < -0.39 is 12.2 Å². The largest absolute Gasteiger partial charge is 0.495 e. The zero-order valence-electron chi connectivity index (χ0n) is 8.60. The van der Waals surface area contributed by atoms with Gasteiger partial charge in [0, 0.05) is 5.56 Å². The van der Waals surface area contributed by atoms with Crippen molar-refractivity contribution in [2.75, 3.05) is 12.4 Å². The highest BCUT2D eigenvalue weighted by molar-refractivity contribution is 5.92. The number of benzene rings is 1. The fourth-order valence-corrected chi connectivity index (χ4v) is 1.60. The summed E-state index contributed by atoms with van der Waals surface area (Å²) < 4.78 is 5.08. The molecule has 5 nitrogen and oxygen atoms in total. The fourth-order valence-electron chi connectivity index (χ4n) is 1.60. The number of rotatable bonds is 2. The van der Waals surface area contributed by atoms with Gasteiger partial charge in [0.15, 0.2) is 0 Å². The summed E-state index contributed by atoms with van der Waals surface area (Å²) in [5, 5.41) is 21.1. The van der Waals surface area contributed by atoms with Gasteiger partial charge in [-0.25, -0.2) is 4.79 Å². The van der Waals surface area contributed by atoms with Crippen LogP contribution in [0.1, 0.15) is 15.9 Å². The van der Waals surface area contributed by atoms with Crippen LogP contribution in [0.5, 0.6) is 5.75 Å². The van der Waals surface area contributed by atoms with Crippen molar-refractivity contribution in [3.05, 3.63) is 29.3 Å². The predicted molar refractivity (Wildman–Crippen MR) is 58.6 cm³/mol. The van der Waals surface area contributed by atoms with Crippen molar-refractivity contribution >= 4 is 17.7 Å². The predicted octanol–water partition coefficient (Wildman–Crippen LogP) is 1.15. The Kier molecular flexibility index (Phi) is 2.54. The molecule has 5 heteroatoms. The van der Waals surface area contributed by atoms with Crippen molar-refractivity contribution in [3.63, 3.8) is 0 Å². The molecule has 1 atom stereocenters. The van der Waals surface area contributed by atoms with Gasteiger partial charge in [0.2, 0.25) is 0 Å². The average Bonchev–Trinajstić information content (AvgIpc) is 2.27. The number of hydrogen-bond donors (Lipinski definition) is 3. The van der Waals surface area contributed by atoms with Gasteiger partial charge in [-0.2, -0.15) is 0 Å².